The number of ether oxygens (including phenoxy) is 1. The molecule has 0 aromatic heterocycles. The zero-order valence-electron chi connectivity index (χ0n) is 20.8. The van der Waals surface area contributed by atoms with E-state index in [2.05, 4.69) is 0 Å². The number of rotatable bonds is 6. The molecule has 2 aromatic carbocycles. The molecule has 4 rings (SSSR count). The van der Waals surface area contributed by atoms with E-state index in [9.17, 15) is 33.0 Å². The van der Waals surface area contributed by atoms with Crippen LogP contribution in [0.25, 0.3) is 0 Å². The average Bonchev–Trinajstić information content (AvgIpc) is 3.11. The fourth-order valence-corrected chi connectivity index (χ4v) is 5.10. The number of nitrogens with zero attached hydrogens (tertiary/aromatic N) is 2. The van der Waals surface area contributed by atoms with Crippen LogP contribution >= 0.6 is 0 Å². The molecular weight excluding hydrogens is 489 g/mol. The van der Waals surface area contributed by atoms with Gasteiger partial charge in [-0.3, -0.25) is 9.59 Å². The number of carbonyl (C=O) groups excluding carboxylic acids is 2. The highest BCUT2D eigenvalue weighted by Crippen LogP contribution is 2.34. The molecule has 10 heteroatoms. The Balaban J connectivity index is 1.54. The SMILES string of the molecule is CC1(C)CC(O)CN1C(=O)C1Cc2cc(O)ccc2CN1C(=O)c1ccc(OCCCC(F)(F)F)cc1. The maximum atomic E-state index is 13.7. The number of carbonyl (C=O) groups is 2. The summed E-state index contributed by atoms with van der Waals surface area (Å²) in [6.07, 6.45) is -5.33. The zero-order valence-corrected chi connectivity index (χ0v) is 20.8. The van der Waals surface area contributed by atoms with Crippen LogP contribution in [0.1, 0.15) is 54.6 Å². The second kappa shape index (κ2) is 10.2. The molecule has 0 bridgehead atoms. The molecule has 7 nitrogen and oxygen atoms in total. The van der Waals surface area contributed by atoms with Gasteiger partial charge in [-0.25, -0.2) is 0 Å². The van der Waals surface area contributed by atoms with Gasteiger partial charge in [0.05, 0.1) is 12.7 Å². The molecule has 2 heterocycles. The Kier molecular flexibility index (Phi) is 7.41. The Labute approximate surface area is 213 Å². The van der Waals surface area contributed by atoms with Gasteiger partial charge >= 0.3 is 6.18 Å². The molecule has 0 saturated carbocycles. The summed E-state index contributed by atoms with van der Waals surface area (Å²) >= 11 is 0. The van der Waals surface area contributed by atoms with Gasteiger partial charge in [-0.05, 0) is 74.2 Å². The topological polar surface area (TPSA) is 90.3 Å². The number of benzene rings is 2. The first kappa shape index (κ1) is 26.8. The first-order valence-electron chi connectivity index (χ1n) is 12.2. The maximum Gasteiger partial charge on any atom is 0.389 e. The van der Waals surface area contributed by atoms with Crippen LogP contribution in [0.2, 0.25) is 0 Å². The highest BCUT2D eigenvalue weighted by Gasteiger charge is 2.45. The molecule has 2 atom stereocenters. The number of phenols is 1. The number of β-amino-alcohol motifs (C(OH)–C–C–N with tert-alkyl or cyclic N) is 1. The molecule has 0 spiro atoms. The Morgan fingerprint density at radius 3 is 2.43 bits per heavy atom. The molecular formula is C27H31F3N2O5. The number of fused-ring (bicyclic) bond motifs is 1. The Bertz CT molecular complexity index is 1150. The molecule has 2 aliphatic rings. The Hall–Kier alpha value is -3.27. The smallest absolute Gasteiger partial charge is 0.389 e. The number of hydrogen-bond donors (Lipinski definition) is 2. The fourth-order valence-electron chi connectivity index (χ4n) is 5.10. The number of likely N-dealkylation sites (tertiary alicyclic amines) is 1. The van der Waals surface area contributed by atoms with Crippen LogP contribution < -0.4 is 4.74 Å². The number of halogens is 3. The molecule has 1 saturated heterocycles. The summed E-state index contributed by atoms with van der Waals surface area (Å²) in [5.41, 5.74) is 1.33. The number of aliphatic hydroxyl groups is 1. The lowest BCUT2D eigenvalue weighted by molar-refractivity contribution is -0.140. The molecule has 0 aliphatic carbocycles. The molecule has 1 fully saturated rings. The number of aromatic hydroxyl groups is 1. The summed E-state index contributed by atoms with van der Waals surface area (Å²) in [7, 11) is 0. The number of amides is 2. The summed E-state index contributed by atoms with van der Waals surface area (Å²) in [5.74, 6) is -0.224. The number of hydrogen-bond acceptors (Lipinski definition) is 5. The summed E-state index contributed by atoms with van der Waals surface area (Å²) in [4.78, 5) is 30.5. The van der Waals surface area contributed by atoms with Crippen molar-refractivity contribution in [2.45, 2.75) is 69.9 Å². The van der Waals surface area contributed by atoms with Crippen molar-refractivity contribution < 1.29 is 37.7 Å². The van der Waals surface area contributed by atoms with Crippen LogP contribution in [0.4, 0.5) is 13.2 Å². The van der Waals surface area contributed by atoms with Crippen LogP contribution in [0.5, 0.6) is 11.5 Å². The third-order valence-electron chi connectivity index (χ3n) is 6.97. The number of alkyl halides is 3. The van der Waals surface area contributed by atoms with E-state index >= 15 is 0 Å². The van der Waals surface area contributed by atoms with Gasteiger partial charge in [0.25, 0.3) is 5.91 Å². The van der Waals surface area contributed by atoms with Crippen molar-refractivity contribution in [3.8, 4) is 11.5 Å². The number of phenolic OH excluding ortho intramolecular Hbond substituents is 1. The maximum absolute atomic E-state index is 13.7. The zero-order chi connectivity index (χ0) is 27.0. The van der Waals surface area contributed by atoms with Crippen molar-refractivity contribution >= 4 is 11.8 Å². The summed E-state index contributed by atoms with van der Waals surface area (Å²) in [6.45, 7) is 4.00. The lowest BCUT2D eigenvalue weighted by Gasteiger charge is -2.41. The van der Waals surface area contributed by atoms with Gasteiger partial charge in [0.15, 0.2) is 0 Å². The fraction of sp³-hybridized carbons (Fsp3) is 0.481. The van der Waals surface area contributed by atoms with Gasteiger partial charge in [0.1, 0.15) is 17.5 Å². The third-order valence-corrected chi connectivity index (χ3v) is 6.97. The summed E-state index contributed by atoms with van der Waals surface area (Å²) in [6, 6.07) is 10.1. The summed E-state index contributed by atoms with van der Waals surface area (Å²) < 4.78 is 42.3. The van der Waals surface area contributed by atoms with Crippen molar-refractivity contribution in [3.05, 3.63) is 59.2 Å². The quantitative estimate of drug-likeness (QED) is 0.561. The normalized spacial score (nSPS) is 21.0. The van der Waals surface area contributed by atoms with E-state index in [1.54, 1.807) is 17.0 Å². The van der Waals surface area contributed by atoms with E-state index in [0.717, 1.165) is 11.1 Å². The Morgan fingerprint density at radius 1 is 1.11 bits per heavy atom. The molecule has 2 aliphatic heterocycles. The van der Waals surface area contributed by atoms with Gasteiger partial charge < -0.3 is 24.7 Å². The first-order valence-corrected chi connectivity index (χ1v) is 12.2. The third kappa shape index (κ3) is 6.18. The largest absolute Gasteiger partial charge is 0.508 e. The van der Waals surface area contributed by atoms with Crippen molar-refractivity contribution in [2.24, 2.45) is 0 Å². The van der Waals surface area contributed by atoms with Crippen LogP contribution in [0.15, 0.2) is 42.5 Å². The average molecular weight is 521 g/mol. The first-order chi connectivity index (χ1) is 17.3. The molecule has 0 radical (unpaired) electrons. The van der Waals surface area contributed by atoms with E-state index < -0.39 is 30.3 Å². The van der Waals surface area contributed by atoms with Crippen molar-refractivity contribution in [1.82, 2.24) is 9.80 Å². The monoisotopic (exact) mass is 520 g/mol. The minimum atomic E-state index is -4.23. The molecule has 2 aromatic rings. The Morgan fingerprint density at radius 2 is 1.81 bits per heavy atom. The second-order valence-corrected chi connectivity index (χ2v) is 10.3. The van der Waals surface area contributed by atoms with Crippen molar-refractivity contribution in [2.75, 3.05) is 13.2 Å². The van der Waals surface area contributed by atoms with Crippen LogP contribution in [0.3, 0.4) is 0 Å². The van der Waals surface area contributed by atoms with E-state index in [0.29, 0.717) is 17.7 Å². The minimum Gasteiger partial charge on any atom is -0.508 e. The number of aliphatic hydroxyl groups excluding tert-OH is 1. The lowest BCUT2D eigenvalue weighted by Crippen LogP contribution is -2.56. The van der Waals surface area contributed by atoms with Crippen LogP contribution in [-0.4, -0.2) is 68.8 Å². The van der Waals surface area contributed by atoms with Gasteiger partial charge in [-0.2, -0.15) is 13.2 Å². The van der Waals surface area contributed by atoms with Gasteiger partial charge in [-0.15, -0.1) is 0 Å². The van der Waals surface area contributed by atoms with E-state index in [1.165, 1.54) is 35.2 Å². The molecule has 37 heavy (non-hydrogen) atoms. The van der Waals surface area contributed by atoms with Gasteiger partial charge in [0, 0.05) is 37.0 Å². The lowest BCUT2D eigenvalue weighted by atomic mass is 9.91. The summed E-state index contributed by atoms with van der Waals surface area (Å²) in [5, 5.41) is 20.2. The molecule has 2 unspecified atom stereocenters. The molecule has 200 valence electrons. The standard InChI is InChI=1S/C27H31F3N2O5/c1-26(2)14-21(34)16-32(26)25(36)23-13-19-12-20(33)7-4-18(19)15-31(23)24(35)17-5-8-22(9-6-17)37-11-3-10-27(28,29)30/h4-9,12,21,23,33-34H,3,10-11,13-16H2,1-2H3. The van der Waals surface area contributed by atoms with Gasteiger partial charge in [-0.1, -0.05) is 6.07 Å². The van der Waals surface area contributed by atoms with Crippen LogP contribution in [-0.2, 0) is 17.8 Å². The van der Waals surface area contributed by atoms with Crippen LogP contribution in [0, 0.1) is 0 Å². The minimum absolute atomic E-state index is 0.0764. The predicted molar refractivity (Wildman–Crippen MR) is 129 cm³/mol. The van der Waals surface area contributed by atoms with E-state index in [-0.39, 0.29) is 50.1 Å². The predicted octanol–water partition coefficient (Wildman–Crippen LogP) is 4.05. The molecule has 2 N–H and O–H groups in total. The second-order valence-electron chi connectivity index (χ2n) is 10.3. The highest BCUT2D eigenvalue weighted by molar-refractivity contribution is 5.98. The molecule has 2 amide bonds. The highest BCUT2D eigenvalue weighted by atomic mass is 19.4. The van der Waals surface area contributed by atoms with Gasteiger partial charge in [0.2, 0.25) is 5.91 Å². The van der Waals surface area contributed by atoms with Crippen molar-refractivity contribution in [1.29, 1.82) is 0 Å². The van der Waals surface area contributed by atoms with Crippen molar-refractivity contribution in [3.63, 3.8) is 0 Å². The van der Waals surface area contributed by atoms with E-state index in [4.69, 9.17) is 4.74 Å². The van der Waals surface area contributed by atoms with E-state index in [1.807, 2.05) is 13.8 Å².